The number of amides is 2. The van der Waals surface area contributed by atoms with E-state index in [9.17, 15) is 9.59 Å². The quantitative estimate of drug-likeness (QED) is 0.829. The lowest BCUT2D eigenvalue weighted by Crippen LogP contribution is -2.28. The third-order valence-corrected chi connectivity index (χ3v) is 3.09. The van der Waals surface area contributed by atoms with Gasteiger partial charge < -0.3 is 20.1 Å². The molecule has 114 valence electrons. The zero-order chi connectivity index (χ0) is 15.1. The summed E-state index contributed by atoms with van der Waals surface area (Å²) in [7, 11) is 0. The molecule has 1 aliphatic heterocycles. The van der Waals surface area contributed by atoms with E-state index < -0.39 is 0 Å². The van der Waals surface area contributed by atoms with Crippen LogP contribution < -0.4 is 15.4 Å². The molecule has 2 N–H and O–H groups in total. The zero-order valence-electron chi connectivity index (χ0n) is 12.1. The molecule has 0 saturated carbocycles. The Bertz CT molecular complexity index is 481. The van der Waals surface area contributed by atoms with E-state index in [1.807, 2.05) is 6.92 Å². The minimum Gasteiger partial charge on any atom is -0.484 e. The minimum absolute atomic E-state index is 0.0184. The number of hydrogen-bond donors (Lipinski definition) is 2. The van der Waals surface area contributed by atoms with E-state index in [-0.39, 0.29) is 24.5 Å². The monoisotopic (exact) mass is 292 g/mol. The van der Waals surface area contributed by atoms with Gasteiger partial charge in [-0.1, -0.05) is 0 Å². The van der Waals surface area contributed by atoms with Crippen LogP contribution in [-0.2, 0) is 14.3 Å². The highest BCUT2D eigenvalue weighted by Crippen LogP contribution is 2.18. The van der Waals surface area contributed by atoms with E-state index in [1.54, 1.807) is 24.3 Å². The summed E-state index contributed by atoms with van der Waals surface area (Å²) in [5.41, 5.74) is 0.681. The molecule has 0 radical (unpaired) electrons. The van der Waals surface area contributed by atoms with Crippen LogP contribution in [-0.4, -0.2) is 37.7 Å². The molecule has 0 bridgehead atoms. The second kappa shape index (κ2) is 7.64. The first kappa shape index (κ1) is 15.3. The zero-order valence-corrected chi connectivity index (χ0v) is 12.1. The van der Waals surface area contributed by atoms with Gasteiger partial charge in [-0.05, 0) is 44.0 Å². The molecule has 0 aromatic heterocycles. The van der Waals surface area contributed by atoms with Crippen molar-refractivity contribution in [1.29, 1.82) is 0 Å². The van der Waals surface area contributed by atoms with Gasteiger partial charge in [0.1, 0.15) is 11.9 Å². The second-order valence-corrected chi connectivity index (χ2v) is 4.76. The predicted octanol–water partition coefficient (Wildman–Crippen LogP) is 1.32. The fourth-order valence-electron chi connectivity index (χ4n) is 2.04. The van der Waals surface area contributed by atoms with Gasteiger partial charge in [-0.2, -0.15) is 0 Å². The largest absolute Gasteiger partial charge is 0.484 e. The molecule has 21 heavy (non-hydrogen) atoms. The van der Waals surface area contributed by atoms with Gasteiger partial charge >= 0.3 is 0 Å². The third kappa shape index (κ3) is 4.75. The lowest BCUT2D eigenvalue weighted by atomic mass is 10.2. The average Bonchev–Trinajstić information content (AvgIpc) is 3.01. The van der Waals surface area contributed by atoms with Crippen LogP contribution in [0.2, 0.25) is 0 Å². The smallest absolute Gasteiger partial charge is 0.257 e. The summed E-state index contributed by atoms with van der Waals surface area (Å²) in [4.78, 5) is 23.1. The molecule has 1 fully saturated rings. The topological polar surface area (TPSA) is 76.7 Å². The number of benzene rings is 1. The lowest BCUT2D eigenvalue weighted by Gasteiger charge is -2.11. The number of rotatable bonds is 6. The van der Waals surface area contributed by atoms with E-state index in [4.69, 9.17) is 9.47 Å². The van der Waals surface area contributed by atoms with Crippen LogP contribution in [0, 0.1) is 0 Å². The first-order valence-electron chi connectivity index (χ1n) is 7.11. The van der Waals surface area contributed by atoms with Crippen molar-refractivity contribution in [2.45, 2.75) is 25.9 Å². The number of ether oxygens (including phenoxy) is 2. The highest BCUT2D eigenvalue weighted by molar-refractivity contribution is 5.94. The van der Waals surface area contributed by atoms with Crippen LogP contribution in [0.5, 0.6) is 5.75 Å². The number of likely N-dealkylation sites (N-methyl/N-ethyl adjacent to an activating group) is 1. The Hall–Kier alpha value is -2.08. The Morgan fingerprint density at radius 1 is 1.33 bits per heavy atom. The van der Waals surface area contributed by atoms with Crippen molar-refractivity contribution in [2.24, 2.45) is 0 Å². The Balaban J connectivity index is 1.81. The van der Waals surface area contributed by atoms with Gasteiger partial charge in [0, 0.05) is 18.8 Å². The van der Waals surface area contributed by atoms with Crippen LogP contribution in [0.4, 0.5) is 5.69 Å². The van der Waals surface area contributed by atoms with Gasteiger partial charge in [-0.25, -0.2) is 0 Å². The van der Waals surface area contributed by atoms with Crippen molar-refractivity contribution in [3.05, 3.63) is 24.3 Å². The summed E-state index contributed by atoms with van der Waals surface area (Å²) in [6, 6.07) is 6.90. The van der Waals surface area contributed by atoms with Gasteiger partial charge in [-0.3, -0.25) is 9.59 Å². The molecule has 1 heterocycles. The summed E-state index contributed by atoms with van der Waals surface area (Å²) in [6.07, 6.45) is 1.34. The summed E-state index contributed by atoms with van der Waals surface area (Å²) in [6.45, 7) is 3.06. The molecule has 1 aliphatic rings. The van der Waals surface area contributed by atoms with Gasteiger partial charge in [-0.15, -0.1) is 0 Å². The first-order valence-corrected chi connectivity index (χ1v) is 7.11. The molecule has 0 aliphatic carbocycles. The Morgan fingerprint density at radius 2 is 2.10 bits per heavy atom. The molecule has 0 spiro atoms. The number of carbonyl (C=O) groups is 2. The molecule has 2 amide bonds. The Morgan fingerprint density at radius 3 is 2.71 bits per heavy atom. The van der Waals surface area contributed by atoms with Crippen molar-refractivity contribution in [1.82, 2.24) is 5.32 Å². The van der Waals surface area contributed by atoms with E-state index in [0.29, 0.717) is 24.6 Å². The van der Waals surface area contributed by atoms with Crippen LogP contribution in [0.15, 0.2) is 24.3 Å². The normalized spacial score (nSPS) is 17.3. The summed E-state index contributed by atoms with van der Waals surface area (Å²) in [5.74, 6) is 0.299. The van der Waals surface area contributed by atoms with E-state index in [2.05, 4.69) is 10.6 Å². The van der Waals surface area contributed by atoms with Gasteiger partial charge in [0.05, 0.1) is 0 Å². The molecule has 1 aromatic carbocycles. The molecule has 1 atom stereocenters. The highest BCUT2D eigenvalue weighted by Gasteiger charge is 2.23. The van der Waals surface area contributed by atoms with Crippen molar-refractivity contribution < 1.29 is 19.1 Å². The Labute approximate surface area is 123 Å². The molecule has 1 aromatic rings. The molecule has 6 nitrogen and oxygen atoms in total. The second-order valence-electron chi connectivity index (χ2n) is 4.76. The first-order chi connectivity index (χ1) is 10.2. The SMILES string of the molecule is CCNC(=O)COc1ccc(NC(=O)[C@@H]2CCCO2)cc1. The summed E-state index contributed by atoms with van der Waals surface area (Å²) in [5, 5.41) is 5.45. The maximum Gasteiger partial charge on any atom is 0.257 e. The number of carbonyl (C=O) groups excluding carboxylic acids is 2. The third-order valence-electron chi connectivity index (χ3n) is 3.09. The molecule has 2 rings (SSSR count). The molecule has 1 saturated heterocycles. The Kier molecular flexibility index (Phi) is 5.57. The van der Waals surface area contributed by atoms with E-state index >= 15 is 0 Å². The van der Waals surface area contributed by atoms with Gasteiger partial charge in [0.15, 0.2) is 6.61 Å². The average molecular weight is 292 g/mol. The fraction of sp³-hybridized carbons (Fsp3) is 0.467. The fourth-order valence-corrected chi connectivity index (χ4v) is 2.04. The van der Waals surface area contributed by atoms with Crippen molar-refractivity contribution in [3.63, 3.8) is 0 Å². The van der Waals surface area contributed by atoms with Gasteiger partial charge in [0.2, 0.25) is 0 Å². The highest BCUT2D eigenvalue weighted by atomic mass is 16.5. The van der Waals surface area contributed by atoms with E-state index in [0.717, 1.165) is 12.8 Å². The molecule has 0 unspecified atom stereocenters. The van der Waals surface area contributed by atoms with Crippen molar-refractivity contribution >= 4 is 17.5 Å². The maximum absolute atomic E-state index is 11.9. The summed E-state index contributed by atoms with van der Waals surface area (Å²) < 4.78 is 10.6. The standard InChI is InChI=1S/C15H20N2O4/c1-2-16-14(18)10-21-12-7-5-11(6-8-12)17-15(19)13-4-3-9-20-13/h5-8,13H,2-4,9-10H2,1H3,(H,16,18)(H,17,19)/t13-/m0/s1. The number of anilines is 1. The van der Waals surface area contributed by atoms with Crippen LogP contribution in [0.25, 0.3) is 0 Å². The summed E-state index contributed by atoms with van der Waals surface area (Å²) >= 11 is 0. The molecular weight excluding hydrogens is 272 g/mol. The van der Waals surface area contributed by atoms with Crippen molar-refractivity contribution in [3.8, 4) is 5.75 Å². The number of nitrogens with one attached hydrogen (secondary N) is 2. The van der Waals surface area contributed by atoms with Gasteiger partial charge in [0.25, 0.3) is 11.8 Å². The molecular formula is C15H20N2O4. The number of hydrogen-bond acceptors (Lipinski definition) is 4. The van der Waals surface area contributed by atoms with Crippen molar-refractivity contribution in [2.75, 3.05) is 25.1 Å². The maximum atomic E-state index is 11.9. The van der Waals surface area contributed by atoms with E-state index in [1.165, 1.54) is 0 Å². The predicted molar refractivity (Wildman–Crippen MR) is 78.2 cm³/mol. The minimum atomic E-state index is -0.348. The van der Waals surface area contributed by atoms with Crippen LogP contribution in [0.1, 0.15) is 19.8 Å². The molecule has 6 heteroatoms. The van der Waals surface area contributed by atoms with Crippen LogP contribution in [0.3, 0.4) is 0 Å². The lowest BCUT2D eigenvalue weighted by molar-refractivity contribution is -0.124. The van der Waals surface area contributed by atoms with Crippen LogP contribution >= 0.6 is 0 Å².